The molecule has 1 aliphatic rings. The van der Waals surface area contributed by atoms with Crippen LogP contribution in [0.1, 0.15) is 11.1 Å². The Labute approximate surface area is 94.0 Å². The molecule has 4 heteroatoms. The number of alkyl halides is 1. The summed E-state index contributed by atoms with van der Waals surface area (Å²) >= 11 is 0. The van der Waals surface area contributed by atoms with Gasteiger partial charge in [-0.15, -0.1) is 0 Å². The highest BCUT2D eigenvalue weighted by Crippen LogP contribution is 2.14. The first-order valence-electron chi connectivity index (χ1n) is 5.53. The summed E-state index contributed by atoms with van der Waals surface area (Å²) in [5.41, 5.74) is 7.04. The number of hydrogen-bond acceptors (Lipinski definition) is 2. The molecule has 0 aliphatic carbocycles. The van der Waals surface area contributed by atoms with Gasteiger partial charge in [0.25, 0.3) is 0 Å². The zero-order valence-electron chi connectivity index (χ0n) is 9.13. The van der Waals surface area contributed by atoms with Crippen LogP contribution >= 0.6 is 0 Å². The summed E-state index contributed by atoms with van der Waals surface area (Å²) in [5.74, 6) is -0.251. The average Bonchev–Trinajstić information content (AvgIpc) is 2.24. The maximum absolute atomic E-state index is 13.2. The summed E-state index contributed by atoms with van der Waals surface area (Å²) in [4.78, 5) is 2.05. The highest BCUT2D eigenvalue weighted by molar-refractivity contribution is 5.25. The van der Waals surface area contributed by atoms with Crippen LogP contribution in [0.25, 0.3) is 0 Å². The zero-order valence-corrected chi connectivity index (χ0v) is 9.13. The lowest BCUT2D eigenvalue weighted by molar-refractivity contribution is 0.0670. The van der Waals surface area contributed by atoms with E-state index >= 15 is 0 Å². The van der Waals surface area contributed by atoms with E-state index in [4.69, 9.17) is 5.73 Å². The molecule has 16 heavy (non-hydrogen) atoms. The van der Waals surface area contributed by atoms with E-state index in [1.54, 1.807) is 12.1 Å². The van der Waals surface area contributed by atoms with Crippen molar-refractivity contribution < 1.29 is 8.78 Å². The molecular weight excluding hydrogens is 210 g/mol. The van der Waals surface area contributed by atoms with E-state index in [1.807, 2.05) is 0 Å². The lowest BCUT2D eigenvalue weighted by Gasteiger charge is -2.34. The van der Waals surface area contributed by atoms with E-state index in [-0.39, 0.29) is 12.4 Å². The Kier molecular flexibility index (Phi) is 3.51. The number of rotatable bonds is 4. The number of likely N-dealkylation sites (tertiary alicyclic amines) is 1. The molecule has 0 unspecified atom stereocenters. The standard InChI is InChI=1S/C12H16F2N2/c13-11-7-16(8-11)4-3-9-1-2-12(14)10(5-9)6-15/h1-2,5,11H,3-4,6-8,15H2. The number of nitrogens with two attached hydrogens (primary N) is 1. The molecule has 0 aromatic heterocycles. The van der Waals surface area contributed by atoms with E-state index in [0.717, 1.165) is 18.5 Å². The van der Waals surface area contributed by atoms with Gasteiger partial charge in [-0.3, -0.25) is 4.90 Å². The van der Waals surface area contributed by atoms with Crippen LogP contribution in [-0.4, -0.2) is 30.7 Å². The molecule has 0 atom stereocenters. The van der Waals surface area contributed by atoms with Gasteiger partial charge in [0.15, 0.2) is 0 Å². The molecule has 0 amide bonds. The third-order valence-corrected chi connectivity index (χ3v) is 2.96. The third-order valence-electron chi connectivity index (χ3n) is 2.96. The van der Waals surface area contributed by atoms with Crippen molar-refractivity contribution in [1.82, 2.24) is 4.90 Å². The van der Waals surface area contributed by atoms with Crippen LogP contribution in [-0.2, 0) is 13.0 Å². The number of benzene rings is 1. The van der Waals surface area contributed by atoms with Gasteiger partial charge in [-0.1, -0.05) is 12.1 Å². The van der Waals surface area contributed by atoms with E-state index in [0.29, 0.717) is 18.7 Å². The fourth-order valence-corrected chi connectivity index (χ4v) is 1.92. The number of hydrogen-bond donors (Lipinski definition) is 1. The normalized spacial score (nSPS) is 17.4. The Balaban J connectivity index is 1.89. The van der Waals surface area contributed by atoms with Crippen LogP contribution in [0, 0.1) is 5.82 Å². The lowest BCUT2D eigenvalue weighted by Crippen LogP contribution is -2.48. The van der Waals surface area contributed by atoms with Crippen molar-refractivity contribution in [3.63, 3.8) is 0 Å². The monoisotopic (exact) mass is 226 g/mol. The van der Waals surface area contributed by atoms with Gasteiger partial charge in [-0.2, -0.15) is 0 Å². The first-order valence-corrected chi connectivity index (χ1v) is 5.53. The summed E-state index contributed by atoms with van der Waals surface area (Å²) < 4.78 is 25.7. The fraction of sp³-hybridized carbons (Fsp3) is 0.500. The Bertz CT molecular complexity index is 362. The van der Waals surface area contributed by atoms with E-state index in [1.165, 1.54) is 6.07 Å². The summed E-state index contributed by atoms with van der Waals surface area (Å²) in [7, 11) is 0. The Hall–Kier alpha value is -1.00. The van der Waals surface area contributed by atoms with Gasteiger partial charge in [0, 0.05) is 31.7 Å². The lowest BCUT2D eigenvalue weighted by atomic mass is 10.1. The predicted molar refractivity (Wildman–Crippen MR) is 59.3 cm³/mol. The van der Waals surface area contributed by atoms with Crippen molar-refractivity contribution in [2.45, 2.75) is 19.1 Å². The van der Waals surface area contributed by atoms with Crippen LogP contribution in [0.3, 0.4) is 0 Å². The maximum Gasteiger partial charge on any atom is 0.127 e. The molecule has 1 aromatic carbocycles. The number of halogens is 2. The first-order chi connectivity index (χ1) is 7.69. The van der Waals surface area contributed by atoms with Gasteiger partial charge < -0.3 is 5.73 Å². The first kappa shape index (κ1) is 11.5. The summed E-state index contributed by atoms with van der Waals surface area (Å²) in [6.45, 7) is 2.11. The van der Waals surface area contributed by atoms with Gasteiger partial charge in [-0.25, -0.2) is 8.78 Å². The van der Waals surface area contributed by atoms with Crippen molar-refractivity contribution in [2.75, 3.05) is 19.6 Å². The molecule has 2 nitrogen and oxygen atoms in total. The van der Waals surface area contributed by atoms with Crippen LogP contribution in [0.2, 0.25) is 0 Å². The van der Waals surface area contributed by atoms with Gasteiger partial charge in [0.2, 0.25) is 0 Å². The van der Waals surface area contributed by atoms with Crippen LogP contribution < -0.4 is 5.73 Å². The molecular formula is C12H16F2N2. The minimum Gasteiger partial charge on any atom is -0.326 e. The van der Waals surface area contributed by atoms with Crippen molar-refractivity contribution in [1.29, 1.82) is 0 Å². The smallest absolute Gasteiger partial charge is 0.127 e. The van der Waals surface area contributed by atoms with Gasteiger partial charge in [0.1, 0.15) is 12.0 Å². The van der Waals surface area contributed by atoms with E-state index < -0.39 is 6.17 Å². The molecule has 0 radical (unpaired) electrons. The second-order valence-corrected chi connectivity index (χ2v) is 4.24. The van der Waals surface area contributed by atoms with Crippen molar-refractivity contribution >= 4 is 0 Å². The van der Waals surface area contributed by atoms with Crippen molar-refractivity contribution in [2.24, 2.45) is 5.73 Å². The predicted octanol–water partition coefficient (Wildman–Crippen LogP) is 1.48. The summed E-state index contributed by atoms with van der Waals surface area (Å²) in [5, 5.41) is 0. The van der Waals surface area contributed by atoms with Crippen molar-refractivity contribution in [3.05, 3.63) is 35.1 Å². The third kappa shape index (κ3) is 2.57. The second-order valence-electron chi connectivity index (χ2n) is 4.24. The van der Waals surface area contributed by atoms with E-state index in [2.05, 4.69) is 4.90 Å². The van der Waals surface area contributed by atoms with Gasteiger partial charge in [-0.05, 0) is 18.1 Å². The molecule has 2 rings (SSSR count). The van der Waals surface area contributed by atoms with Gasteiger partial charge in [0.05, 0.1) is 0 Å². The summed E-state index contributed by atoms with van der Waals surface area (Å²) in [6, 6.07) is 5.01. The molecule has 1 heterocycles. The molecule has 2 N–H and O–H groups in total. The topological polar surface area (TPSA) is 29.3 Å². The minimum absolute atomic E-state index is 0.218. The minimum atomic E-state index is -0.659. The molecule has 0 spiro atoms. The zero-order chi connectivity index (χ0) is 11.5. The van der Waals surface area contributed by atoms with E-state index in [9.17, 15) is 8.78 Å². The average molecular weight is 226 g/mol. The highest BCUT2D eigenvalue weighted by atomic mass is 19.1. The SMILES string of the molecule is NCc1cc(CCN2CC(F)C2)ccc1F. The molecule has 0 bridgehead atoms. The molecule has 1 aliphatic heterocycles. The Morgan fingerprint density at radius 2 is 2.12 bits per heavy atom. The van der Waals surface area contributed by atoms with Gasteiger partial charge >= 0.3 is 0 Å². The largest absolute Gasteiger partial charge is 0.326 e. The maximum atomic E-state index is 13.2. The number of nitrogens with zero attached hydrogens (tertiary/aromatic N) is 1. The van der Waals surface area contributed by atoms with Crippen LogP contribution in [0.5, 0.6) is 0 Å². The van der Waals surface area contributed by atoms with Crippen molar-refractivity contribution in [3.8, 4) is 0 Å². The quantitative estimate of drug-likeness (QED) is 0.842. The molecule has 1 saturated heterocycles. The second kappa shape index (κ2) is 4.89. The molecule has 1 aromatic rings. The molecule has 0 saturated carbocycles. The van der Waals surface area contributed by atoms with Crippen LogP contribution in [0.15, 0.2) is 18.2 Å². The Morgan fingerprint density at radius 3 is 2.75 bits per heavy atom. The molecule has 1 fully saturated rings. The van der Waals surface area contributed by atoms with Crippen LogP contribution in [0.4, 0.5) is 8.78 Å². The highest BCUT2D eigenvalue weighted by Gasteiger charge is 2.25. The molecule has 88 valence electrons. The summed E-state index contributed by atoms with van der Waals surface area (Å²) in [6.07, 6.45) is 0.160. The fourth-order valence-electron chi connectivity index (χ4n) is 1.92. The Morgan fingerprint density at radius 1 is 1.38 bits per heavy atom.